The molecule has 2 aromatic carbocycles. The zero-order valence-electron chi connectivity index (χ0n) is 17.4. The van der Waals surface area contributed by atoms with Crippen LogP contribution in [0.1, 0.15) is 28.1 Å². The fraction of sp³-hybridized carbons (Fsp3) is 0.167. The van der Waals surface area contributed by atoms with Crippen LogP contribution in [0.3, 0.4) is 0 Å². The van der Waals surface area contributed by atoms with Crippen molar-refractivity contribution < 1.29 is 14.0 Å². The van der Waals surface area contributed by atoms with Crippen molar-refractivity contribution >= 4 is 29.6 Å². The van der Waals surface area contributed by atoms with E-state index in [-0.39, 0.29) is 23.2 Å². The van der Waals surface area contributed by atoms with Crippen LogP contribution in [-0.4, -0.2) is 21.4 Å². The van der Waals surface area contributed by atoms with Crippen molar-refractivity contribution in [3.8, 4) is 5.69 Å². The van der Waals surface area contributed by atoms with Gasteiger partial charge in [0.15, 0.2) is 0 Å². The number of hydrogen-bond donors (Lipinski definition) is 1. The summed E-state index contributed by atoms with van der Waals surface area (Å²) >= 11 is 5.94. The van der Waals surface area contributed by atoms with E-state index in [0.29, 0.717) is 5.69 Å². The number of hydrogen-bond acceptors (Lipinski definition) is 2. The number of aryl methyl sites for hydroxylation is 2. The molecule has 1 saturated heterocycles. The Morgan fingerprint density at radius 3 is 2.42 bits per heavy atom. The van der Waals surface area contributed by atoms with Crippen LogP contribution in [0, 0.1) is 26.6 Å². The third-order valence-electron chi connectivity index (χ3n) is 5.36. The topological polar surface area (TPSA) is 54.3 Å². The Morgan fingerprint density at radius 2 is 1.74 bits per heavy atom. The standard InChI is InChI=1S/C24H21ClFN3O2/c1-14-4-6-17(7-5-14)13-28-23(30)22(27-24(28)31)11-18-10-15(2)29(16(18)3)19-8-9-21(26)20(25)12-19/h4-12H,13H2,1-3H3,(H,27,31)/b22-11+. The van der Waals surface area contributed by atoms with Crippen molar-refractivity contribution in [1.82, 2.24) is 14.8 Å². The third kappa shape index (κ3) is 3.99. The van der Waals surface area contributed by atoms with Crippen LogP contribution in [0.2, 0.25) is 5.02 Å². The molecule has 1 aliphatic heterocycles. The van der Waals surface area contributed by atoms with Gasteiger partial charge in [0.25, 0.3) is 5.91 Å². The zero-order valence-corrected chi connectivity index (χ0v) is 18.1. The van der Waals surface area contributed by atoms with Gasteiger partial charge in [-0.25, -0.2) is 9.18 Å². The first kappa shape index (κ1) is 20.9. The molecule has 2 heterocycles. The smallest absolute Gasteiger partial charge is 0.318 e. The fourth-order valence-electron chi connectivity index (χ4n) is 3.70. The number of rotatable bonds is 4. The molecule has 0 bridgehead atoms. The minimum absolute atomic E-state index is 0.0369. The van der Waals surface area contributed by atoms with E-state index in [2.05, 4.69) is 5.32 Å². The van der Waals surface area contributed by atoms with Gasteiger partial charge in [-0.15, -0.1) is 0 Å². The quantitative estimate of drug-likeness (QED) is 0.445. The first-order valence-corrected chi connectivity index (χ1v) is 10.2. The molecule has 1 fully saturated rings. The number of halogens is 2. The second kappa shape index (κ2) is 8.04. The molecule has 4 rings (SSSR count). The molecule has 7 heteroatoms. The molecule has 1 aromatic heterocycles. The summed E-state index contributed by atoms with van der Waals surface area (Å²) in [5, 5.41) is 2.70. The van der Waals surface area contributed by atoms with E-state index in [1.54, 1.807) is 18.2 Å². The van der Waals surface area contributed by atoms with Crippen LogP contribution in [0.15, 0.2) is 54.2 Å². The normalized spacial score (nSPS) is 15.1. The van der Waals surface area contributed by atoms with Gasteiger partial charge in [0.2, 0.25) is 0 Å². The van der Waals surface area contributed by atoms with Crippen LogP contribution >= 0.6 is 11.6 Å². The second-order valence-corrected chi connectivity index (χ2v) is 8.03. The predicted octanol–water partition coefficient (Wildman–Crippen LogP) is 5.29. The Labute approximate surface area is 184 Å². The van der Waals surface area contributed by atoms with E-state index < -0.39 is 11.8 Å². The molecular weight excluding hydrogens is 417 g/mol. The Bertz CT molecular complexity index is 1230. The van der Waals surface area contributed by atoms with Crippen LogP contribution in [0.5, 0.6) is 0 Å². The van der Waals surface area contributed by atoms with Crippen LogP contribution in [-0.2, 0) is 11.3 Å². The van der Waals surface area contributed by atoms with Gasteiger partial charge in [0.05, 0.1) is 11.6 Å². The number of nitrogens with zero attached hydrogens (tertiary/aromatic N) is 2. The lowest BCUT2D eigenvalue weighted by molar-refractivity contribution is -0.123. The van der Waals surface area contributed by atoms with E-state index in [0.717, 1.165) is 28.1 Å². The molecule has 0 saturated carbocycles. The van der Waals surface area contributed by atoms with Crippen LogP contribution in [0.25, 0.3) is 11.8 Å². The highest BCUT2D eigenvalue weighted by molar-refractivity contribution is 6.30. The van der Waals surface area contributed by atoms with Crippen molar-refractivity contribution in [2.24, 2.45) is 0 Å². The summed E-state index contributed by atoms with van der Waals surface area (Å²) in [5.74, 6) is -0.858. The predicted molar refractivity (Wildman–Crippen MR) is 118 cm³/mol. The highest BCUT2D eigenvalue weighted by Gasteiger charge is 2.33. The highest BCUT2D eigenvalue weighted by atomic mass is 35.5. The molecule has 1 N–H and O–H groups in total. The summed E-state index contributed by atoms with van der Waals surface area (Å²) in [6.07, 6.45) is 1.67. The van der Waals surface area contributed by atoms with E-state index in [4.69, 9.17) is 11.6 Å². The first-order chi connectivity index (χ1) is 14.7. The van der Waals surface area contributed by atoms with Crippen molar-refractivity contribution in [3.63, 3.8) is 0 Å². The molecule has 0 atom stereocenters. The molecule has 5 nitrogen and oxygen atoms in total. The van der Waals surface area contributed by atoms with Crippen molar-refractivity contribution in [2.45, 2.75) is 27.3 Å². The summed E-state index contributed by atoms with van der Waals surface area (Å²) < 4.78 is 15.5. The van der Waals surface area contributed by atoms with Gasteiger partial charge in [0.1, 0.15) is 11.5 Å². The number of benzene rings is 2. The number of nitrogens with one attached hydrogen (secondary N) is 1. The molecule has 31 heavy (non-hydrogen) atoms. The minimum atomic E-state index is -0.483. The summed E-state index contributed by atoms with van der Waals surface area (Å²) in [4.78, 5) is 26.4. The van der Waals surface area contributed by atoms with Gasteiger partial charge < -0.3 is 9.88 Å². The molecule has 1 aliphatic rings. The van der Waals surface area contributed by atoms with E-state index in [9.17, 15) is 14.0 Å². The van der Waals surface area contributed by atoms with Gasteiger partial charge in [-0.3, -0.25) is 9.69 Å². The average molecular weight is 438 g/mol. The lowest BCUT2D eigenvalue weighted by atomic mass is 10.1. The van der Waals surface area contributed by atoms with Crippen molar-refractivity contribution in [3.05, 3.63) is 93.1 Å². The molecule has 0 spiro atoms. The number of carbonyl (C=O) groups is 2. The zero-order chi connectivity index (χ0) is 22.3. The molecule has 0 unspecified atom stereocenters. The minimum Gasteiger partial charge on any atom is -0.318 e. The number of carbonyl (C=O) groups excluding carboxylic acids is 2. The van der Waals surface area contributed by atoms with Gasteiger partial charge in [0, 0.05) is 17.1 Å². The Kier molecular flexibility index (Phi) is 5.41. The maximum Gasteiger partial charge on any atom is 0.329 e. The van der Waals surface area contributed by atoms with Crippen molar-refractivity contribution in [2.75, 3.05) is 0 Å². The second-order valence-electron chi connectivity index (χ2n) is 7.63. The first-order valence-electron chi connectivity index (χ1n) is 9.79. The van der Waals surface area contributed by atoms with Crippen LogP contribution < -0.4 is 5.32 Å². The molecule has 0 radical (unpaired) electrons. The summed E-state index contributed by atoms with van der Waals surface area (Å²) in [7, 11) is 0. The SMILES string of the molecule is Cc1ccc(CN2C(=O)N/C(=C/c3cc(C)n(-c4ccc(F)c(Cl)c4)c3C)C2=O)cc1. The van der Waals surface area contributed by atoms with E-state index >= 15 is 0 Å². The van der Waals surface area contributed by atoms with Crippen LogP contribution in [0.4, 0.5) is 9.18 Å². The Hall–Kier alpha value is -3.38. The fourth-order valence-corrected chi connectivity index (χ4v) is 3.88. The third-order valence-corrected chi connectivity index (χ3v) is 5.64. The molecule has 3 aromatic rings. The van der Waals surface area contributed by atoms with E-state index in [1.165, 1.54) is 11.0 Å². The van der Waals surface area contributed by atoms with Gasteiger partial charge in [-0.1, -0.05) is 41.4 Å². The summed E-state index contributed by atoms with van der Waals surface area (Å²) in [6, 6.07) is 13.7. The maximum absolute atomic E-state index is 13.6. The lowest BCUT2D eigenvalue weighted by Gasteiger charge is -2.12. The molecule has 0 aliphatic carbocycles. The number of amides is 3. The average Bonchev–Trinajstić information content (AvgIpc) is 3.15. The Morgan fingerprint density at radius 1 is 1.03 bits per heavy atom. The van der Waals surface area contributed by atoms with Gasteiger partial charge in [-0.05, 0) is 62.2 Å². The number of aromatic nitrogens is 1. The van der Waals surface area contributed by atoms with Crippen molar-refractivity contribution in [1.29, 1.82) is 0 Å². The molecule has 158 valence electrons. The maximum atomic E-state index is 13.6. The summed E-state index contributed by atoms with van der Waals surface area (Å²) in [5.41, 5.74) is 5.43. The largest absolute Gasteiger partial charge is 0.329 e. The number of urea groups is 1. The van der Waals surface area contributed by atoms with Gasteiger partial charge >= 0.3 is 6.03 Å². The monoisotopic (exact) mass is 437 g/mol. The van der Waals surface area contributed by atoms with Gasteiger partial charge in [-0.2, -0.15) is 0 Å². The summed E-state index contributed by atoms with van der Waals surface area (Å²) in [6.45, 7) is 5.98. The lowest BCUT2D eigenvalue weighted by Crippen LogP contribution is -2.30. The molecule has 3 amide bonds. The number of imide groups is 1. The Balaban J connectivity index is 1.63. The molecular formula is C24H21ClFN3O2. The van der Waals surface area contributed by atoms with E-state index in [1.807, 2.05) is 55.7 Å². The highest BCUT2D eigenvalue weighted by Crippen LogP contribution is 2.26.